The summed E-state index contributed by atoms with van der Waals surface area (Å²) < 4.78 is 16.6. The largest absolute Gasteiger partial charge is 0.477 e. The van der Waals surface area contributed by atoms with Crippen LogP contribution in [-0.4, -0.2) is 27.2 Å². The van der Waals surface area contributed by atoms with Gasteiger partial charge in [-0.05, 0) is 37.0 Å². The first-order valence-electron chi connectivity index (χ1n) is 8.84. The number of pyridine rings is 2. The lowest BCUT2D eigenvalue weighted by Gasteiger charge is -2.12. The average Bonchev–Trinajstić information content (AvgIpc) is 3.39. The molecular formula is C19H17ClFN3O3S. The molecule has 2 N–H and O–H groups in total. The summed E-state index contributed by atoms with van der Waals surface area (Å²) in [7, 11) is 0. The SMILES string of the molecule is Cl.O=C(O)c1cn(C2CC2)c2nc(-c3cc4c(s3)CCNC4)c(F)cc2c1=O. The number of thiophene rings is 1. The molecule has 0 radical (unpaired) electrons. The van der Waals surface area contributed by atoms with E-state index in [1.54, 1.807) is 4.57 Å². The van der Waals surface area contributed by atoms with Crippen molar-refractivity contribution in [2.75, 3.05) is 6.54 Å². The minimum Gasteiger partial charge on any atom is -0.477 e. The van der Waals surface area contributed by atoms with Crippen molar-refractivity contribution in [1.82, 2.24) is 14.9 Å². The van der Waals surface area contributed by atoms with E-state index in [2.05, 4.69) is 10.3 Å². The fourth-order valence-electron chi connectivity index (χ4n) is 3.57. The number of nitrogens with one attached hydrogen (secondary N) is 1. The molecule has 0 unspecified atom stereocenters. The Balaban J connectivity index is 0.00000192. The fraction of sp³-hybridized carbons (Fsp3) is 0.316. The predicted molar refractivity (Wildman–Crippen MR) is 107 cm³/mol. The normalized spacial score (nSPS) is 15.9. The van der Waals surface area contributed by atoms with Crippen LogP contribution >= 0.6 is 23.7 Å². The van der Waals surface area contributed by atoms with Gasteiger partial charge >= 0.3 is 5.97 Å². The van der Waals surface area contributed by atoms with E-state index < -0.39 is 17.2 Å². The quantitative estimate of drug-likeness (QED) is 0.677. The van der Waals surface area contributed by atoms with Gasteiger partial charge in [0, 0.05) is 30.2 Å². The minimum atomic E-state index is -1.31. The average molecular weight is 422 g/mol. The summed E-state index contributed by atoms with van der Waals surface area (Å²) in [5.74, 6) is -1.91. The number of aromatic nitrogens is 2. The Morgan fingerprint density at radius 1 is 1.36 bits per heavy atom. The Morgan fingerprint density at radius 2 is 2.14 bits per heavy atom. The smallest absolute Gasteiger partial charge is 0.341 e. The van der Waals surface area contributed by atoms with Crippen LogP contribution in [0.3, 0.4) is 0 Å². The maximum atomic E-state index is 14.9. The van der Waals surface area contributed by atoms with Crippen molar-refractivity contribution in [2.24, 2.45) is 0 Å². The topological polar surface area (TPSA) is 84.2 Å². The number of hydrogen-bond acceptors (Lipinski definition) is 5. The van der Waals surface area contributed by atoms with Gasteiger partial charge < -0.3 is 15.0 Å². The lowest BCUT2D eigenvalue weighted by atomic mass is 10.1. The number of aromatic carboxylic acids is 1. The van der Waals surface area contributed by atoms with E-state index in [1.807, 2.05) is 6.07 Å². The molecule has 9 heteroatoms. The highest BCUT2D eigenvalue weighted by molar-refractivity contribution is 7.15. The van der Waals surface area contributed by atoms with Crippen LogP contribution in [0.1, 0.15) is 39.7 Å². The second-order valence-electron chi connectivity index (χ2n) is 6.99. The zero-order valence-electron chi connectivity index (χ0n) is 14.7. The van der Waals surface area contributed by atoms with Crippen molar-refractivity contribution in [2.45, 2.75) is 31.8 Å². The van der Waals surface area contributed by atoms with Gasteiger partial charge in [-0.25, -0.2) is 14.2 Å². The number of nitrogens with zero attached hydrogens (tertiary/aromatic N) is 2. The molecule has 0 spiro atoms. The fourth-order valence-corrected chi connectivity index (χ4v) is 4.75. The van der Waals surface area contributed by atoms with E-state index in [4.69, 9.17) is 0 Å². The van der Waals surface area contributed by atoms with Crippen LogP contribution in [0, 0.1) is 5.82 Å². The Kier molecular flexibility index (Phi) is 4.73. The second-order valence-corrected chi connectivity index (χ2v) is 8.13. The minimum absolute atomic E-state index is 0. The maximum Gasteiger partial charge on any atom is 0.341 e. The van der Waals surface area contributed by atoms with Crippen LogP contribution < -0.4 is 10.7 Å². The third-order valence-corrected chi connectivity index (χ3v) is 6.35. The summed E-state index contributed by atoms with van der Waals surface area (Å²) in [5, 5.41) is 12.6. The zero-order valence-corrected chi connectivity index (χ0v) is 16.3. The van der Waals surface area contributed by atoms with Gasteiger partial charge in [-0.15, -0.1) is 23.7 Å². The molecule has 1 saturated carbocycles. The molecule has 28 heavy (non-hydrogen) atoms. The molecule has 6 nitrogen and oxygen atoms in total. The standard InChI is InChI=1S/C19H16FN3O3S.ClH/c20-13-6-11-17(24)12(19(25)26)8-23(10-1-2-10)18(11)22-16(13)15-5-9-7-21-4-3-14(9)27-15;/h5-6,8,10,21H,1-4,7H2,(H,25,26);1H. The molecule has 146 valence electrons. The van der Waals surface area contributed by atoms with Gasteiger partial charge in [-0.3, -0.25) is 4.79 Å². The van der Waals surface area contributed by atoms with E-state index in [-0.39, 0.29) is 35.1 Å². The second kappa shape index (κ2) is 6.95. The third kappa shape index (κ3) is 3.01. The van der Waals surface area contributed by atoms with Gasteiger partial charge in [-0.1, -0.05) is 0 Å². The molecule has 0 bridgehead atoms. The summed E-state index contributed by atoms with van der Waals surface area (Å²) in [6.07, 6.45) is 4.04. The molecule has 1 fully saturated rings. The summed E-state index contributed by atoms with van der Waals surface area (Å²) in [6, 6.07) is 3.20. The van der Waals surface area contributed by atoms with Crippen LogP contribution in [0.4, 0.5) is 4.39 Å². The number of carbonyl (C=O) groups is 1. The third-order valence-electron chi connectivity index (χ3n) is 5.10. The highest BCUT2D eigenvalue weighted by Crippen LogP contribution is 2.38. The van der Waals surface area contributed by atoms with Gasteiger partial charge in [-0.2, -0.15) is 0 Å². The summed E-state index contributed by atoms with van der Waals surface area (Å²) in [6.45, 7) is 1.66. The molecule has 0 atom stereocenters. The lowest BCUT2D eigenvalue weighted by Crippen LogP contribution is -2.21. The van der Waals surface area contributed by atoms with E-state index in [1.165, 1.54) is 22.4 Å². The molecule has 0 saturated heterocycles. The van der Waals surface area contributed by atoms with Crippen LogP contribution in [0.5, 0.6) is 0 Å². The van der Waals surface area contributed by atoms with E-state index in [0.717, 1.165) is 48.9 Å². The predicted octanol–water partition coefficient (Wildman–Crippen LogP) is 3.36. The zero-order chi connectivity index (χ0) is 18.7. The first-order chi connectivity index (χ1) is 13.0. The Bertz CT molecular complexity index is 1150. The van der Waals surface area contributed by atoms with Gasteiger partial charge in [0.15, 0.2) is 5.82 Å². The van der Waals surface area contributed by atoms with Crippen molar-refractivity contribution in [3.63, 3.8) is 0 Å². The van der Waals surface area contributed by atoms with Crippen LogP contribution in [-0.2, 0) is 13.0 Å². The molecule has 1 aliphatic heterocycles. The van der Waals surface area contributed by atoms with Crippen molar-refractivity contribution in [1.29, 1.82) is 0 Å². The van der Waals surface area contributed by atoms with Crippen molar-refractivity contribution in [3.8, 4) is 10.6 Å². The first kappa shape index (κ1) is 19.0. The number of rotatable bonds is 3. The number of carboxylic acid groups (broad SMARTS) is 1. The summed E-state index contributed by atoms with van der Waals surface area (Å²) >= 11 is 1.53. The monoisotopic (exact) mass is 421 g/mol. The molecule has 3 aromatic heterocycles. The number of halogens is 2. The molecule has 1 aliphatic carbocycles. The summed E-state index contributed by atoms with van der Waals surface area (Å²) in [4.78, 5) is 30.4. The highest BCUT2D eigenvalue weighted by atomic mass is 35.5. The molecule has 4 heterocycles. The molecule has 5 rings (SSSR count). The van der Waals surface area contributed by atoms with Crippen molar-refractivity contribution >= 4 is 40.7 Å². The van der Waals surface area contributed by atoms with Gasteiger partial charge in [0.05, 0.1) is 10.3 Å². The molecule has 0 aromatic carbocycles. The van der Waals surface area contributed by atoms with Crippen LogP contribution in [0.25, 0.3) is 21.6 Å². The summed E-state index contributed by atoms with van der Waals surface area (Å²) in [5.41, 5.74) is 0.693. The lowest BCUT2D eigenvalue weighted by molar-refractivity contribution is 0.0695. The van der Waals surface area contributed by atoms with Crippen LogP contribution in [0.15, 0.2) is 23.1 Å². The number of hydrogen-bond donors (Lipinski definition) is 2. The Morgan fingerprint density at radius 3 is 2.82 bits per heavy atom. The van der Waals surface area contributed by atoms with Gasteiger partial charge in [0.1, 0.15) is 16.9 Å². The highest BCUT2D eigenvalue weighted by Gasteiger charge is 2.28. The molecule has 3 aromatic rings. The van der Waals surface area contributed by atoms with Crippen molar-refractivity contribution < 1.29 is 14.3 Å². The van der Waals surface area contributed by atoms with E-state index in [0.29, 0.717) is 5.65 Å². The molecule has 2 aliphatic rings. The Hall–Kier alpha value is -2.29. The number of fused-ring (bicyclic) bond motifs is 2. The molecular weight excluding hydrogens is 405 g/mol. The maximum absolute atomic E-state index is 14.9. The van der Waals surface area contributed by atoms with Gasteiger partial charge in [0.25, 0.3) is 0 Å². The van der Waals surface area contributed by atoms with Crippen molar-refractivity contribution in [3.05, 3.63) is 50.4 Å². The van der Waals surface area contributed by atoms with Gasteiger partial charge in [0.2, 0.25) is 5.43 Å². The Labute approximate surface area is 169 Å². The van der Waals surface area contributed by atoms with E-state index >= 15 is 0 Å². The first-order valence-corrected chi connectivity index (χ1v) is 9.66. The van der Waals surface area contributed by atoms with Crippen LogP contribution in [0.2, 0.25) is 0 Å². The van der Waals surface area contributed by atoms with E-state index in [9.17, 15) is 19.1 Å². The number of carboxylic acids is 1. The molecule has 0 amide bonds.